The standard InChI is InChI=1S/C17H17BrFNO/c18-14-5-8-17(16(19)9-14)21-11-13-3-1-12(2-4-13)10-20-15-6-7-15/h1-5,8-9,15,20H,6-7,10-11H2. The van der Waals surface area contributed by atoms with Crippen molar-refractivity contribution in [1.82, 2.24) is 5.32 Å². The van der Waals surface area contributed by atoms with E-state index in [1.807, 2.05) is 12.1 Å². The Labute approximate surface area is 132 Å². The van der Waals surface area contributed by atoms with Gasteiger partial charge in [-0.05, 0) is 42.2 Å². The molecule has 0 atom stereocenters. The maximum absolute atomic E-state index is 13.6. The molecule has 0 saturated heterocycles. The van der Waals surface area contributed by atoms with Gasteiger partial charge in [0.1, 0.15) is 6.61 Å². The lowest BCUT2D eigenvalue weighted by molar-refractivity contribution is 0.290. The molecular weight excluding hydrogens is 333 g/mol. The number of rotatable bonds is 6. The summed E-state index contributed by atoms with van der Waals surface area (Å²) in [4.78, 5) is 0. The summed E-state index contributed by atoms with van der Waals surface area (Å²) in [5.74, 6) is -0.0766. The van der Waals surface area contributed by atoms with Crippen molar-refractivity contribution in [2.24, 2.45) is 0 Å². The van der Waals surface area contributed by atoms with Gasteiger partial charge in [0.2, 0.25) is 0 Å². The van der Waals surface area contributed by atoms with E-state index < -0.39 is 0 Å². The van der Waals surface area contributed by atoms with Crippen LogP contribution in [0.5, 0.6) is 5.75 Å². The highest BCUT2D eigenvalue weighted by Gasteiger charge is 2.19. The fourth-order valence-corrected chi connectivity index (χ4v) is 2.39. The van der Waals surface area contributed by atoms with Gasteiger partial charge in [-0.3, -0.25) is 0 Å². The molecule has 0 aromatic heterocycles. The highest BCUT2D eigenvalue weighted by atomic mass is 79.9. The molecule has 1 fully saturated rings. The number of ether oxygens (including phenoxy) is 1. The van der Waals surface area contributed by atoms with Crippen molar-refractivity contribution in [3.63, 3.8) is 0 Å². The monoisotopic (exact) mass is 349 g/mol. The summed E-state index contributed by atoms with van der Waals surface area (Å²) in [6.45, 7) is 1.28. The molecule has 0 amide bonds. The van der Waals surface area contributed by atoms with E-state index in [1.54, 1.807) is 12.1 Å². The van der Waals surface area contributed by atoms with Crippen molar-refractivity contribution in [3.05, 3.63) is 63.9 Å². The molecule has 0 spiro atoms. The number of nitrogens with one attached hydrogen (secondary N) is 1. The SMILES string of the molecule is Fc1cc(Br)ccc1OCc1ccc(CNC2CC2)cc1. The summed E-state index contributed by atoms with van der Waals surface area (Å²) in [5.41, 5.74) is 2.30. The first-order valence-corrected chi connectivity index (χ1v) is 7.89. The molecule has 0 radical (unpaired) electrons. The van der Waals surface area contributed by atoms with Crippen LogP contribution in [0.4, 0.5) is 4.39 Å². The zero-order valence-corrected chi connectivity index (χ0v) is 13.2. The quantitative estimate of drug-likeness (QED) is 0.833. The molecule has 1 saturated carbocycles. The van der Waals surface area contributed by atoms with E-state index in [1.165, 1.54) is 24.5 Å². The van der Waals surface area contributed by atoms with Gasteiger partial charge in [0.25, 0.3) is 0 Å². The largest absolute Gasteiger partial charge is 0.486 e. The van der Waals surface area contributed by atoms with E-state index in [0.717, 1.165) is 12.1 Å². The Balaban J connectivity index is 1.54. The predicted molar refractivity (Wildman–Crippen MR) is 84.7 cm³/mol. The first-order chi connectivity index (χ1) is 10.2. The highest BCUT2D eigenvalue weighted by Crippen LogP contribution is 2.22. The molecule has 0 bridgehead atoms. The van der Waals surface area contributed by atoms with E-state index in [2.05, 4.69) is 33.4 Å². The van der Waals surface area contributed by atoms with Crippen LogP contribution in [-0.4, -0.2) is 6.04 Å². The van der Waals surface area contributed by atoms with Gasteiger partial charge in [0.15, 0.2) is 11.6 Å². The molecule has 0 unspecified atom stereocenters. The fraction of sp³-hybridized carbons (Fsp3) is 0.294. The highest BCUT2D eigenvalue weighted by molar-refractivity contribution is 9.10. The third-order valence-corrected chi connectivity index (χ3v) is 3.98. The second-order valence-corrected chi connectivity index (χ2v) is 6.25. The minimum absolute atomic E-state index is 0.276. The number of hydrogen-bond donors (Lipinski definition) is 1. The van der Waals surface area contributed by atoms with Gasteiger partial charge in [0, 0.05) is 17.1 Å². The smallest absolute Gasteiger partial charge is 0.166 e. The third kappa shape index (κ3) is 4.29. The summed E-state index contributed by atoms with van der Waals surface area (Å²) in [5, 5.41) is 3.48. The molecule has 110 valence electrons. The normalized spacial score (nSPS) is 14.2. The van der Waals surface area contributed by atoms with Gasteiger partial charge in [-0.2, -0.15) is 0 Å². The Morgan fingerprint density at radius 1 is 1.10 bits per heavy atom. The average molecular weight is 350 g/mol. The van der Waals surface area contributed by atoms with Crippen molar-refractivity contribution < 1.29 is 9.13 Å². The summed E-state index contributed by atoms with van der Waals surface area (Å²) in [6.07, 6.45) is 2.59. The van der Waals surface area contributed by atoms with E-state index in [4.69, 9.17) is 4.74 Å². The van der Waals surface area contributed by atoms with Crippen molar-refractivity contribution >= 4 is 15.9 Å². The topological polar surface area (TPSA) is 21.3 Å². The van der Waals surface area contributed by atoms with Gasteiger partial charge in [-0.1, -0.05) is 40.2 Å². The summed E-state index contributed by atoms with van der Waals surface area (Å²) < 4.78 is 19.9. The Hall–Kier alpha value is -1.39. The minimum Gasteiger partial charge on any atom is -0.486 e. The van der Waals surface area contributed by atoms with Crippen molar-refractivity contribution in [3.8, 4) is 5.75 Å². The first-order valence-electron chi connectivity index (χ1n) is 7.10. The molecular formula is C17H17BrFNO. The van der Waals surface area contributed by atoms with Gasteiger partial charge >= 0.3 is 0 Å². The average Bonchev–Trinajstić information content (AvgIpc) is 3.30. The number of halogens is 2. The molecule has 3 rings (SSSR count). The maximum Gasteiger partial charge on any atom is 0.166 e. The number of benzene rings is 2. The molecule has 2 nitrogen and oxygen atoms in total. The van der Waals surface area contributed by atoms with Crippen LogP contribution in [0.25, 0.3) is 0 Å². The van der Waals surface area contributed by atoms with E-state index in [9.17, 15) is 4.39 Å². The lowest BCUT2D eigenvalue weighted by Gasteiger charge is -2.09. The second-order valence-electron chi connectivity index (χ2n) is 5.34. The van der Waals surface area contributed by atoms with Crippen molar-refractivity contribution in [2.75, 3.05) is 0 Å². The summed E-state index contributed by atoms with van der Waals surface area (Å²) in [7, 11) is 0. The van der Waals surface area contributed by atoms with E-state index in [0.29, 0.717) is 17.1 Å². The Kier molecular flexibility index (Phi) is 4.56. The van der Waals surface area contributed by atoms with Crippen LogP contribution in [-0.2, 0) is 13.2 Å². The van der Waals surface area contributed by atoms with Crippen LogP contribution in [0.1, 0.15) is 24.0 Å². The first kappa shape index (κ1) is 14.5. The van der Waals surface area contributed by atoms with E-state index in [-0.39, 0.29) is 11.6 Å². The van der Waals surface area contributed by atoms with Crippen LogP contribution in [0.15, 0.2) is 46.9 Å². The van der Waals surface area contributed by atoms with Crippen LogP contribution < -0.4 is 10.1 Å². The minimum atomic E-state index is -0.352. The molecule has 2 aromatic carbocycles. The summed E-state index contributed by atoms with van der Waals surface area (Å²) >= 11 is 3.23. The zero-order valence-electron chi connectivity index (χ0n) is 11.6. The third-order valence-electron chi connectivity index (χ3n) is 3.48. The molecule has 2 aromatic rings. The van der Waals surface area contributed by atoms with Gasteiger partial charge < -0.3 is 10.1 Å². The van der Waals surface area contributed by atoms with E-state index >= 15 is 0 Å². The maximum atomic E-state index is 13.6. The lowest BCUT2D eigenvalue weighted by Crippen LogP contribution is -2.15. The van der Waals surface area contributed by atoms with Gasteiger partial charge in [-0.25, -0.2) is 4.39 Å². The lowest BCUT2D eigenvalue weighted by atomic mass is 10.1. The van der Waals surface area contributed by atoms with Crippen molar-refractivity contribution in [1.29, 1.82) is 0 Å². The van der Waals surface area contributed by atoms with Crippen molar-refractivity contribution in [2.45, 2.75) is 32.0 Å². The Morgan fingerprint density at radius 3 is 2.48 bits per heavy atom. The molecule has 1 aliphatic rings. The van der Waals surface area contributed by atoms with Gasteiger partial charge in [0.05, 0.1) is 0 Å². The predicted octanol–water partition coefficient (Wildman–Crippen LogP) is 4.42. The molecule has 21 heavy (non-hydrogen) atoms. The Bertz CT molecular complexity index is 611. The molecule has 0 aliphatic heterocycles. The van der Waals surface area contributed by atoms with Crippen LogP contribution in [0.3, 0.4) is 0 Å². The zero-order chi connectivity index (χ0) is 14.7. The Morgan fingerprint density at radius 2 is 1.81 bits per heavy atom. The van der Waals surface area contributed by atoms with Crippen LogP contribution in [0, 0.1) is 5.82 Å². The van der Waals surface area contributed by atoms with Gasteiger partial charge in [-0.15, -0.1) is 0 Å². The molecule has 1 aliphatic carbocycles. The molecule has 1 N–H and O–H groups in total. The molecule has 4 heteroatoms. The number of hydrogen-bond acceptors (Lipinski definition) is 2. The molecule has 0 heterocycles. The second kappa shape index (κ2) is 6.58. The van der Waals surface area contributed by atoms with Crippen LogP contribution >= 0.6 is 15.9 Å². The van der Waals surface area contributed by atoms with Crippen LogP contribution in [0.2, 0.25) is 0 Å². The fourth-order valence-electron chi connectivity index (χ4n) is 2.06. The summed E-state index contributed by atoms with van der Waals surface area (Å²) in [6, 6.07) is 13.8.